The molecular formula is C28H39FN4OS. The number of aryl methyl sites for hydroxylation is 1. The number of ether oxygens (including phenoxy) is 1. The molecule has 190 valence electrons. The summed E-state index contributed by atoms with van der Waals surface area (Å²) in [5.74, 6) is 2.27. The molecule has 0 aromatic heterocycles. The van der Waals surface area contributed by atoms with Crippen LogP contribution in [-0.4, -0.2) is 60.6 Å². The van der Waals surface area contributed by atoms with Crippen LogP contribution in [0.2, 0.25) is 0 Å². The van der Waals surface area contributed by atoms with Crippen molar-refractivity contribution in [2.45, 2.75) is 39.7 Å². The van der Waals surface area contributed by atoms with E-state index in [9.17, 15) is 4.39 Å². The predicted molar refractivity (Wildman–Crippen MR) is 145 cm³/mol. The summed E-state index contributed by atoms with van der Waals surface area (Å²) in [4.78, 5) is 2.62. The highest BCUT2D eigenvalue weighted by molar-refractivity contribution is 7.97. The van der Waals surface area contributed by atoms with Crippen LogP contribution in [0.3, 0.4) is 0 Å². The topological polar surface area (TPSA) is 51.6 Å². The van der Waals surface area contributed by atoms with Crippen molar-refractivity contribution in [1.82, 2.24) is 9.21 Å². The summed E-state index contributed by atoms with van der Waals surface area (Å²) in [6.07, 6.45) is 3.77. The SMILES string of the molecule is Cc1cc(Nc2ccc(F)cc2)c(C=N)cc1C1CN(SCC2CCOCC2)CCN1CC(C)C. The van der Waals surface area contributed by atoms with Gasteiger partial charge in [-0.25, -0.2) is 8.70 Å². The van der Waals surface area contributed by atoms with E-state index in [1.165, 1.54) is 48.1 Å². The van der Waals surface area contributed by atoms with E-state index < -0.39 is 0 Å². The van der Waals surface area contributed by atoms with Crippen molar-refractivity contribution in [3.05, 3.63) is 58.9 Å². The van der Waals surface area contributed by atoms with Crippen molar-refractivity contribution in [3.8, 4) is 0 Å². The van der Waals surface area contributed by atoms with Gasteiger partial charge in [-0.05, 0) is 79.1 Å². The van der Waals surface area contributed by atoms with Gasteiger partial charge in [0.25, 0.3) is 0 Å². The summed E-state index contributed by atoms with van der Waals surface area (Å²) in [5.41, 5.74) is 5.06. The molecule has 4 rings (SSSR count). The Morgan fingerprint density at radius 1 is 1.17 bits per heavy atom. The maximum absolute atomic E-state index is 13.3. The number of piperazine rings is 1. The molecule has 2 aromatic carbocycles. The monoisotopic (exact) mass is 498 g/mol. The third-order valence-electron chi connectivity index (χ3n) is 6.96. The Morgan fingerprint density at radius 3 is 2.60 bits per heavy atom. The zero-order chi connectivity index (χ0) is 24.8. The third kappa shape index (κ3) is 7.06. The molecule has 7 heteroatoms. The standard InChI is InChI=1S/C28H39FN4OS/c1-20(2)17-32-10-11-33(35-19-22-8-12-34-13-9-22)18-28(32)26-15-23(16-30)27(14-21(26)3)31-25-6-4-24(29)5-7-25/h4-7,14-16,20,22,28,30-31H,8-13,17-19H2,1-3H3. The largest absolute Gasteiger partial charge is 0.381 e. The van der Waals surface area contributed by atoms with Crippen LogP contribution in [0.5, 0.6) is 0 Å². The molecule has 2 aliphatic heterocycles. The van der Waals surface area contributed by atoms with Gasteiger partial charge in [0.1, 0.15) is 5.82 Å². The number of benzene rings is 2. The molecule has 0 aliphatic carbocycles. The second kappa shape index (κ2) is 12.3. The summed E-state index contributed by atoms with van der Waals surface area (Å²) in [7, 11) is 0. The summed E-state index contributed by atoms with van der Waals surface area (Å²) < 4.78 is 21.4. The van der Waals surface area contributed by atoms with Gasteiger partial charge >= 0.3 is 0 Å². The van der Waals surface area contributed by atoms with Crippen molar-refractivity contribution in [1.29, 1.82) is 5.41 Å². The Labute approximate surface area is 214 Å². The number of anilines is 2. The minimum Gasteiger partial charge on any atom is -0.381 e. The Morgan fingerprint density at radius 2 is 1.91 bits per heavy atom. The Balaban J connectivity index is 1.53. The highest BCUT2D eigenvalue weighted by Crippen LogP contribution is 2.35. The zero-order valence-corrected chi connectivity index (χ0v) is 22.0. The summed E-state index contributed by atoms with van der Waals surface area (Å²) in [6, 6.07) is 11.0. The van der Waals surface area contributed by atoms with E-state index in [4.69, 9.17) is 10.1 Å². The average Bonchev–Trinajstić information content (AvgIpc) is 2.85. The molecular weight excluding hydrogens is 459 g/mol. The smallest absolute Gasteiger partial charge is 0.123 e. The molecule has 2 aliphatic rings. The van der Waals surface area contributed by atoms with Gasteiger partial charge in [-0.3, -0.25) is 4.90 Å². The van der Waals surface area contributed by atoms with E-state index >= 15 is 0 Å². The van der Waals surface area contributed by atoms with Gasteiger partial charge in [0.15, 0.2) is 0 Å². The van der Waals surface area contributed by atoms with Crippen molar-refractivity contribution in [2.75, 3.05) is 50.5 Å². The second-order valence-corrected chi connectivity index (χ2v) is 11.3. The van der Waals surface area contributed by atoms with E-state index in [0.717, 1.165) is 62.2 Å². The Kier molecular flexibility index (Phi) is 9.22. The van der Waals surface area contributed by atoms with Gasteiger partial charge in [-0.2, -0.15) is 0 Å². The van der Waals surface area contributed by atoms with Gasteiger partial charge in [0.05, 0.1) is 0 Å². The molecule has 2 heterocycles. The zero-order valence-electron chi connectivity index (χ0n) is 21.2. The molecule has 0 amide bonds. The average molecular weight is 499 g/mol. The molecule has 2 fully saturated rings. The molecule has 2 saturated heterocycles. The third-order valence-corrected chi connectivity index (χ3v) is 8.28. The van der Waals surface area contributed by atoms with Crippen LogP contribution in [0.15, 0.2) is 36.4 Å². The van der Waals surface area contributed by atoms with Gasteiger partial charge in [-0.1, -0.05) is 25.8 Å². The van der Waals surface area contributed by atoms with Gasteiger partial charge < -0.3 is 15.5 Å². The molecule has 2 aromatic rings. The minimum absolute atomic E-state index is 0.254. The highest BCUT2D eigenvalue weighted by Gasteiger charge is 2.31. The van der Waals surface area contributed by atoms with Crippen LogP contribution in [0.4, 0.5) is 15.8 Å². The molecule has 0 spiro atoms. The van der Waals surface area contributed by atoms with Gasteiger partial charge in [-0.15, -0.1) is 0 Å². The van der Waals surface area contributed by atoms with Crippen molar-refractivity contribution >= 4 is 29.5 Å². The van der Waals surface area contributed by atoms with Crippen molar-refractivity contribution in [2.24, 2.45) is 11.8 Å². The normalized spacial score (nSPS) is 20.3. The second-order valence-electron chi connectivity index (χ2n) is 10.2. The van der Waals surface area contributed by atoms with Crippen molar-refractivity contribution < 1.29 is 9.13 Å². The van der Waals surface area contributed by atoms with Crippen LogP contribution in [0, 0.1) is 30.0 Å². The first-order valence-corrected chi connectivity index (χ1v) is 13.7. The Bertz CT molecular complexity index is 978. The minimum atomic E-state index is -0.254. The van der Waals surface area contributed by atoms with E-state index in [-0.39, 0.29) is 5.82 Å². The molecule has 1 atom stereocenters. The van der Waals surface area contributed by atoms with E-state index in [0.29, 0.717) is 12.0 Å². The molecule has 5 nitrogen and oxygen atoms in total. The number of hydrogen-bond acceptors (Lipinski definition) is 6. The molecule has 2 N–H and O–H groups in total. The van der Waals surface area contributed by atoms with E-state index in [1.807, 2.05) is 11.9 Å². The molecule has 0 radical (unpaired) electrons. The summed E-state index contributed by atoms with van der Waals surface area (Å²) in [5, 5.41) is 11.5. The van der Waals surface area contributed by atoms with Crippen LogP contribution in [-0.2, 0) is 4.74 Å². The lowest BCUT2D eigenvalue weighted by Gasteiger charge is -2.43. The first-order chi connectivity index (χ1) is 16.9. The van der Waals surface area contributed by atoms with Crippen molar-refractivity contribution in [3.63, 3.8) is 0 Å². The van der Waals surface area contributed by atoms with E-state index in [1.54, 1.807) is 12.1 Å². The van der Waals surface area contributed by atoms with Crippen LogP contribution < -0.4 is 5.32 Å². The fourth-order valence-electron chi connectivity index (χ4n) is 5.04. The summed E-state index contributed by atoms with van der Waals surface area (Å²) in [6.45, 7) is 12.7. The lowest BCUT2D eigenvalue weighted by Crippen LogP contribution is -2.47. The summed E-state index contributed by atoms with van der Waals surface area (Å²) >= 11 is 2.01. The highest BCUT2D eigenvalue weighted by atomic mass is 32.2. The maximum atomic E-state index is 13.3. The van der Waals surface area contributed by atoms with Gasteiger partial charge in [0.2, 0.25) is 0 Å². The lowest BCUT2D eigenvalue weighted by atomic mass is 9.94. The fourth-order valence-corrected chi connectivity index (χ4v) is 6.25. The first kappa shape index (κ1) is 26.1. The maximum Gasteiger partial charge on any atom is 0.123 e. The number of hydrogen-bond donors (Lipinski definition) is 2. The number of nitrogens with zero attached hydrogens (tertiary/aromatic N) is 2. The Hall–Kier alpha value is -1.93. The van der Waals surface area contributed by atoms with E-state index in [2.05, 4.69) is 47.4 Å². The number of nitrogens with one attached hydrogen (secondary N) is 2. The molecule has 0 bridgehead atoms. The molecule has 0 saturated carbocycles. The number of rotatable bonds is 9. The molecule has 35 heavy (non-hydrogen) atoms. The van der Waals surface area contributed by atoms with Crippen LogP contribution in [0.1, 0.15) is 49.4 Å². The lowest BCUT2D eigenvalue weighted by molar-refractivity contribution is 0.0722. The fraction of sp³-hybridized carbons (Fsp3) is 0.536. The predicted octanol–water partition coefficient (Wildman–Crippen LogP) is 6.26. The van der Waals surface area contributed by atoms with Crippen LogP contribution in [0.25, 0.3) is 0 Å². The molecule has 1 unspecified atom stereocenters. The van der Waals surface area contributed by atoms with Gasteiger partial charge in [0, 0.05) is 74.3 Å². The first-order valence-electron chi connectivity index (χ1n) is 12.8. The quantitative estimate of drug-likeness (QED) is 0.315. The van der Waals surface area contributed by atoms with Crippen LogP contribution >= 0.6 is 11.9 Å². The number of halogens is 1.